The lowest BCUT2D eigenvalue weighted by molar-refractivity contribution is -0.132. The highest BCUT2D eigenvalue weighted by Crippen LogP contribution is 2.30. The van der Waals surface area contributed by atoms with Crippen LogP contribution in [-0.4, -0.2) is 28.2 Å². The summed E-state index contributed by atoms with van der Waals surface area (Å²) in [4.78, 5) is 32.3. The molecule has 2 amide bonds. The largest absolute Gasteiger partial charge is 0.472 e. The first-order chi connectivity index (χ1) is 13.2. The van der Waals surface area contributed by atoms with Gasteiger partial charge < -0.3 is 9.32 Å². The Kier molecular flexibility index (Phi) is 5.57. The zero-order valence-corrected chi connectivity index (χ0v) is 16.2. The predicted molar refractivity (Wildman–Crippen MR) is 104 cm³/mol. The molecule has 0 radical (unpaired) electrons. The Balaban J connectivity index is 1.32. The van der Waals surface area contributed by atoms with Crippen molar-refractivity contribution in [1.29, 1.82) is 0 Å². The number of fused-ring (bicyclic) bond motifs is 1. The minimum Gasteiger partial charge on any atom is -0.472 e. The Morgan fingerprint density at radius 3 is 2.93 bits per heavy atom. The van der Waals surface area contributed by atoms with Crippen LogP contribution < -0.4 is 5.32 Å². The molecule has 2 aromatic heterocycles. The summed E-state index contributed by atoms with van der Waals surface area (Å²) in [7, 11) is 0. The molecule has 1 saturated carbocycles. The number of carbonyl (C=O) groups is 2. The van der Waals surface area contributed by atoms with E-state index in [4.69, 9.17) is 4.42 Å². The molecule has 0 atom stereocenters. The molecule has 0 bridgehead atoms. The number of rotatable bonds is 5. The maximum Gasteiger partial charge on any atom is 0.260 e. The summed E-state index contributed by atoms with van der Waals surface area (Å²) < 4.78 is 4.94. The van der Waals surface area contributed by atoms with Gasteiger partial charge in [0.25, 0.3) is 5.91 Å². The van der Waals surface area contributed by atoms with E-state index in [9.17, 15) is 9.59 Å². The maximum atomic E-state index is 12.6. The summed E-state index contributed by atoms with van der Waals surface area (Å²) in [5, 5.41) is 3.40. The molecule has 27 heavy (non-hydrogen) atoms. The molecule has 0 unspecified atom stereocenters. The van der Waals surface area contributed by atoms with Gasteiger partial charge in [-0.1, -0.05) is 43.4 Å². The molecule has 7 heteroatoms. The highest BCUT2D eigenvalue weighted by Gasteiger charge is 2.25. The Morgan fingerprint density at radius 1 is 1.30 bits per heavy atom. The van der Waals surface area contributed by atoms with Gasteiger partial charge in [-0.25, -0.2) is 4.98 Å². The lowest BCUT2D eigenvalue weighted by Crippen LogP contribution is -2.35. The van der Waals surface area contributed by atoms with Crippen molar-refractivity contribution in [3.63, 3.8) is 0 Å². The second-order valence-electron chi connectivity index (χ2n) is 7.46. The summed E-state index contributed by atoms with van der Waals surface area (Å²) in [6.45, 7) is 1.33. The minimum absolute atomic E-state index is 0.227. The van der Waals surface area contributed by atoms with E-state index in [-0.39, 0.29) is 11.8 Å². The zero-order valence-electron chi connectivity index (χ0n) is 15.4. The van der Waals surface area contributed by atoms with Crippen LogP contribution in [0.25, 0.3) is 0 Å². The fraction of sp³-hybridized carbons (Fsp3) is 0.550. The number of carbonyl (C=O) groups excluding carboxylic acids is 2. The van der Waals surface area contributed by atoms with E-state index in [1.54, 1.807) is 6.07 Å². The number of furan rings is 1. The number of hydrogen-bond acceptors (Lipinski definition) is 5. The molecule has 2 aliphatic rings. The van der Waals surface area contributed by atoms with Gasteiger partial charge in [0.05, 0.1) is 24.1 Å². The second kappa shape index (κ2) is 8.25. The number of hydrogen-bond donors (Lipinski definition) is 1. The molecule has 6 nitrogen and oxygen atoms in total. The van der Waals surface area contributed by atoms with Crippen molar-refractivity contribution in [3.05, 3.63) is 34.7 Å². The van der Waals surface area contributed by atoms with Crippen LogP contribution in [0.3, 0.4) is 0 Å². The highest BCUT2D eigenvalue weighted by molar-refractivity contribution is 7.15. The van der Waals surface area contributed by atoms with Crippen molar-refractivity contribution in [3.8, 4) is 0 Å². The van der Waals surface area contributed by atoms with Crippen molar-refractivity contribution in [2.24, 2.45) is 5.92 Å². The van der Waals surface area contributed by atoms with Gasteiger partial charge in [-0.05, 0) is 18.4 Å². The third-order valence-corrected chi connectivity index (χ3v) is 6.58. The van der Waals surface area contributed by atoms with Crippen molar-refractivity contribution < 1.29 is 14.0 Å². The molecule has 4 rings (SSSR count). The average molecular weight is 388 g/mol. The van der Waals surface area contributed by atoms with E-state index in [1.165, 1.54) is 56.0 Å². The standard InChI is InChI=1S/C20H25N3O3S/c24-18(7-6-14-4-2-1-3-5-14)23-10-8-16-17(12-23)27-20(21-16)22-19(25)15-9-11-26-13-15/h9,11,13-14H,1-8,10,12H2,(H,21,22,25). The molecule has 1 N–H and O–H groups in total. The van der Waals surface area contributed by atoms with E-state index in [2.05, 4.69) is 10.3 Å². The lowest BCUT2D eigenvalue weighted by atomic mass is 9.86. The first-order valence-electron chi connectivity index (χ1n) is 9.79. The van der Waals surface area contributed by atoms with Crippen LogP contribution in [-0.2, 0) is 17.8 Å². The van der Waals surface area contributed by atoms with Crippen LogP contribution in [0.5, 0.6) is 0 Å². The molecule has 0 saturated heterocycles. The van der Waals surface area contributed by atoms with Gasteiger partial charge >= 0.3 is 0 Å². The molecule has 0 spiro atoms. The van der Waals surface area contributed by atoms with Crippen LogP contribution >= 0.6 is 11.3 Å². The van der Waals surface area contributed by atoms with E-state index >= 15 is 0 Å². The average Bonchev–Trinajstić information content (AvgIpc) is 3.35. The first kappa shape index (κ1) is 18.2. The highest BCUT2D eigenvalue weighted by atomic mass is 32.1. The smallest absolute Gasteiger partial charge is 0.260 e. The molecular formula is C20H25N3O3S. The van der Waals surface area contributed by atoms with Gasteiger partial charge in [0.15, 0.2) is 5.13 Å². The quantitative estimate of drug-likeness (QED) is 0.833. The van der Waals surface area contributed by atoms with Crippen molar-refractivity contribution in [1.82, 2.24) is 9.88 Å². The Morgan fingerprint density at radius 2 is 2.15 bits per heavy atom. The topological polar surface area (TPSA) is 75.4 Å². The molecule has 2 aromatic rings. The number of amides is 2. The summed E-state index contributed by atoms with van der Waals surface area (Å²) >= 11 is 1.46. The maximum absolute atomic E-state index is 12.6. The summed E-state index contributed by atoms with van der Waals surface area (Å²) in [5.74, 6) is 0.759. The second-order valence-corrected chi connectivity index (χ2v) is 8.55. The SMILES string of the molecule is O=C(Nc1nc2c(s1)CN(C(=O)CCC1CCCCC1)CC2)c1ccoc1. The minimum atomic E-state index is -0.227. The fourth-order valence-electron chi connectivity index (χ4n) is 3.99. The van der Waals surface area contributed by atoms with Crippen LogP contribution in [0.15, 0.2) is 23.0 Å². The van der Waals surface area contributed by atoms with Crippen LogP contribution in [0.1, 0.15) is 65.9 Å². The summed E-state index contributed by atoms with van der Waals surface area (Å²) in [6.07, 6.45) is 11.9. The normalized spacial score (nSPS) is 17.6. The Labute approximate surface area is 163 Å². The van der Waals surface area contributed by atoms with Gasteiger partial charge in [-0.15, -0.1) is 0 Å². The van der Waals surface area contributed by atoms with Crippen molar-refractivity contribution >= 4 is 28.3 Å². The monoisotopic (exact) mass is 387 g/mol. The van der Waals surface area contributed by atoms with Crippen molar-refractivity contribution in [2.45, 2.75) is 57.9 Å². The number of nitrogens with zero attached hydrogens (tertiary/aromatic N) is 2. The Hall–Kier alpha value is -2.15. The lowest BCUT2D eigenvalue weighted by Gasteiger charge is -2.27. The first-order valence-corrected chi connectivity index (χ1v) is 10.6. The predicted octanol–water partition coefficient (Wildman–Crippen LogP) is 4.23. The van der Waals surface area contributed by atoms with Gasteiger partial charge in [0.1, 0.15) is 6.26 Å². The molecule has 1 aliphatic carbocycles. The molecule has 3 heterocycles. The Bertz CT molecular complexity index is 794. The summed E-state index contributed by atoms with van der Waals surface area (Å²) in [6, 6.07) is 1.62. The molecule has 1 fully saturated rings. The van der Waals surface area contributed by atoms with E-state index in [0.717, 1.165) is 35.9 Å². The third kappa shape index (κ3) is 4.40. The number of thiazole rings is 1. The van der Waals surface area contributed by atoms with Gasteiger partial charge in [0.2, 0.25) is 5.91 Å². The van der Waals surface area contributed by atoms with Gasteiger partial charge in [-0.2, -0.15) is 0 Å². The van der Waals surface area contributed by atoms with Gasteiger partial charge in [-0.3, -0.25) is 14.9 Å². The van der Waals surface area contributed by atoms with E-state index < -0.39 is 0 Å². The molecule has 144 valence electrons. The van der Waals surface area contributed by atoms with Crippen LogP contribution in [0, 0.1) is 5.92 Å². The van der Waals surface area contributed by atoms with Gasteiger partial charge in [0, 0.05) is 24.3 Å². The van der Waals surface area contributed by atoms with Crippen LogP contribution in [0.2, 0.25) is 0 Å². The van der Waals surface area contributed by atoms with Crippen LogP contribution in [0.4, 0.5) is 5.13 Å². The number of nitrogens with one attached hydrogen (secondary N) is 1. The van der Waals surface area contributed by atoms with E-state index in [1.807, 2.05) is 4.90 Å². The number of anilines is 1. The van der Waals surface area contributed by atoms with E-state index in [0.29, 0.717) is 23.7 Å². The zero-order chi connectivity index (χ0) is 18.6. The molecule has 1 aliphatic heterocycles. The molecule has 0 aromatic carbocycles. The fourth-order valence-corrected chi connectivity index (χ4v) is 5.01. The van der Waals surface area contributed by atoms with Crippen molar-refractivity contribution in [2.75, 3.05) is 11.9 Å². The third-order valence-electron chi connectivity index (χ3n) is 5.58. The summed E-state index contributed by atoms with van der Waals surface area (Å²) in [5.41, 5.74) is 1.47. The number of aromatic nitrogens is 1. The molecular weight excluding hydrogens is 362 g/mol.